The molecule has 4 N–H and O–H groups in total. The van der Waals surface area contributed by atoms with Crippen molar-refractivity contribution in [2.24, 2.45) is 59.6 Å². The van der Waals surface area contributed by atoms with E-state index >= 15 is 0 Å². The molecule has 744 valence electrons. The van der Waals surface area contributed by atoms with Gasteiger partial charge in [-0.05, 0) is 185 Å². The van der Waals surface area contributed by atoms with Crippen molar-refractivity contribution in [3.05, 3.63) is 110 Å². The SMILES string of the molecule is C/C=C/C(=O)CCC(C)(C)C.C/C=C/C(=O)OCC(C)(C)C.C=C(C(=O)NCC(C)(C)C)C(F)(F)F.C=C(C)C(=O)NCC(C)(C)C.C=CC(=O)CCC(C)(C)C.C=CC(=O)N(C)CC(C)(C)C.C=CC(=O)OC(C)C(C)(C)C.CC(C)=CC(=O)CCC(C)(C)C.CC(Cl)C(=O)NCC(C)(C)C.CN(C)C/C=C/C(=O)CCC(C)(C)C.C[C@@H](Cl)C(=O)NCC(C)(C)C. The molecule has 5 amide bonds. The lowest BCUT2D eigenvalue weighted by Gasteiger charge is -2.26. The van der Waals surface area contributed by atoms with Gasteiger partial charge in [-0.1, -0.05) is 285 Å². The van der Waals surface area contributed by atoms with Crippen molar-refractivity contribution < 1.29 is 75.4 Å². The standard InChI is InChI=1S/C12H23NO.C11H20O.C10H18O.C9H14F3NO.2C9H17NO.2C9H16O2.C9H16O.2C8H16ClNO/c1-12(2,3)9-8-11(14)7-6-10-13(4)5;1-9(2)8-10(12)6-7-11(3,4)5;1-5-6-9(11)7-8-10(2,3)4;1-6(9(10,11)12)7(14)13-5-8(2,3)4;1-7(2)8(11)10-6-9(3,4)5;1-6-8(11)10(5)7-9(2,3)4;1-6-8(10)11-7(2)9(3,4)5;1-5-6-8(10)11-7-9(2,3)4;1-5-8(10)6-7-9(2,3)4;2*1-6(9)7(11)10-5-8(2,3)4/h6-7H,8-10H2,1-5H3;8H,6-7H2,1-5H3;5-6H,7-8H2,1-4H3;1,5H2,2-4H3,(H,13,14);1,6H2,2-5H3,(H,10,11);6H,1,7H2,2-5H3;6-7H,1H2,2-5H3;5-6H,7H2,1-4H3;5H,1,6-7H2,2-4H3;2*6H,5H2,1-4H3,(H,10,11)/b7-6+;;6-5+;;;;;6-5+;;;/t;;;;;;;;;6-;/m.........1./s1. The number of halogens is 5. The summed E-state index contributed by atoms with van der Waals surface area (Å²) in [6.45, 7) is 103. The van der Waals surface area contributed by atoms with Crippen molar-refractivity contribution >= 4 is 87.8 Å². The van der Waals surface area contributed by atoms with Crippen LogP contribution in [0.15, 0.2) is 110 Å². The van der Waals surface area contributed by atoms with Crippen LogP contribution in [0.5, 0.6) is 0 Å². The summed E-state index contributed by atoms with van der Waals surface area (Å²) in [5, 5.41) is 9.59. The molecule has 0 heterocycles. The largest absolute Gasteiger partial charge is 0.462 e. The summed E-state index contributed by atoms with van der Waals surface area (Å²) in [5.74, 6) is -1.16. The van der Waals surface area contributed by atoms with Gasteiger partial charge < -0.3 is 40.5 Å². The number of carbonyl (C=O) groups excluding carboxylic acids is 11. The first-order valence-electron chi connectivity index (χ1n) is 43.9. The number of nitrogens with zero attached hydrogens (tertiary/aromatic N) is 2. The molecular weight excluding hydrogens is 1660 g/mol. The maximum Gasteiger partial charge on any atom is 0.421 e. The number of alkyl halides is 5. The van der Waals surface area contributed by atoms with Gasteiger partial charge in [0.25, 0.3) is 5.91 Å². The Morgan fingerprint density at radius 3 is 0.984 bits per heavy atom. The Morgan fingerprint density at radius 2 is 0.732 bits per heavy atom. The fourth-order valence-corrected chi connectivity index (χ4v) is 7.27. The number of esters is 2. The molecule has 0 bridgehead atoms. The highest BCUT2D eigenvalue weighted by atomic mass is 35.5. The third-order valence-electron chi connectivity index (χ3n) is 15.1. The average molecular weight is 1850 g/mol. The van der Waals surface area contributed by atoms with E-state index in [0.717, 1.165) is 44.3 Å². The molecule has 2 unspecified atom stereocenters. The van der Waals surface area contributed by atoms with Crippen LogP contribution in [-0.2, 0) is 62.2 Å². The van der Waals surface area contributed by atoms with Gasteiger partial charge in [0.2, 0.25) is 23.6 Å². The number of hydrogen-bond acceptors (Lipinski definition) is 14. The summed E-state index contributed by atoms with van der Waals surface area (Å²) in [6.07, 6.45) is 17.6. The summed E-state index contributed by atoms with van der Waals surface area (Å²) in [5.41, 5.74) is 1.72. The molecule has 0 fully saturated rings. The molecule has 0 radical (unpaired) electrons. The number of rotatable bonds is 28. The van der Waals surface area contributed by atoms with Gasteiger partial charge >= 0.3 is 18.1 Å². The first-order valence-corrected chi connectivity index (χ1v) is 44.8. The smallest absolute Gasteiger partial charge is 0.421 e. The maximum atomic E-state index is 12.0. The Bertz CT molecular complexity index is 3240. The number of hydrogen-bond donors (Lipinski definition) is 4. The third kappa shape index (κ3) is 135. The van der Waals surface area contributed by atoms with E-state index in [1.165, 1.54) is 24.3 Å². The molecule has 0 spiro atoms. The van der Waals surface area contributed by atoms with Crippen molar-refractivity contribution in [1.29, 1.82) is 0 Å². The van der Waals surface area contributed by atoms with Gasteiger partial charge in [-0.2, -0.15) is 13.2 Å². The zero-order valence-electron chi connectivity index (χ0n) is 88.7. The first-order chi connectivity index (χ1) is 56.2. The lowest BCUT2D eigenvalue weighted by molar-refractivity contribution is -0.147. The van der Waals surface area contributed by atoms with Crippen LogP contribution in [0.3, 0.4) is 0 Å². The Balaban J connectivity index is -0.000000130. The molecule has 3 atom stereocenters. The number of likely N-dealkylation sites (N-methyl/N-ethyl adjacent to an activating group) is 2. The molecule has 0 rings (SSSR count). The zero-order valence-corrected chi connectivity index (χ0v) is 90.3. The monoisotopic (exact) mass is 1850 g/mol. The third-order valence-corrected chi connectivity index (χ3v) is 15.4. The van der Waals surface area contributed by atoms with E-state index in [-0.39, 0.29) is 131 Å². The lowest BCUT2D eigenvalue weighted by atomic mass is 9.89. The van der Waals surface area contributed by atoms with E-state index in [1.54, 1.807) is 70.0 Å². The second-order valence-corrected chi connectivity index (χ2v) is 46.3. The van der Waals surface area contributed by atoms with E-state index in [9.17, 15) is 65.9 Å². The van der Waals surface area contributed by atoms with Gasteiger partial charge in [-0.3, -0.25) is 43.2 Å². The molecule has 0 aromatic carbocycles. The van der Waals surface area contributed by atoms with E-state index in [2.05, 4.69) is 220 Å². The minimum atomic E-state index is -4.65. The van der Waals surface area contributed by atoms with Crippen molar-refractivity contribution in [3.63, 3.8) is 0 Å². The minimum Gasteiger partial charge on any atom is -0.462 e. The van der Waals surface area contributed by atoms with Crippen LogP contribution < -0.4 is 21.3 Å². The van der Waals surface area contributed by atoms with Gasteiger partial charge in [0.1, 0.15) is 22.4 Å². The molecule has 24 heteroatoms. The summed E-state index contributed by atoms with van der Waals surface area (Å²) in [7, 11) is 5.77. The van der Waals surface area contributed by atoms with Crippen molar-refractivity contribution in [2.75, 3.05) is 67.0 Å². The molecule has 0 aromatic rings. The molecular formula is C103H189Cl2F3N6O13. The second-order valence-electron chi connectivity index (χ2n) is 45.0. The van der Waals surface area contributed by atoms with Crippen LogP contribution in [0.25, 0.3) is 0 Å². The van der Waals surface area contributed by atoms with Gasteiger partial charge in [-0.15, -0.1) is 23.2 Å². The Morgan fingerprint density at radius 1 is 0.409 bits per heavy atom. The zero-order chi connectivity index (χ0) is 104. The average Bonchev–Trinajstić information content (AvgIpc) is 0.871. The van der Waals surface area contributed by atoms with Gasteiger partial charge in [0.15, 0.2) is 23.1 Å². The predicted molar refractivity (Wildman–Crippen MR) is 535 cm³/mol. The van der Waals surface area contributed by atoms with Gasteiger partial charge in [0, 0.05) is 89.7 Å². The molecule has 0 aliphatic carbocycles. The number of carbonyl (C=O) groups is 11. The van der Waals surface area contributed by atoms with E-state index < -0.39 is 28.4 Å². The van der Waals surface area contributed by atoms with Crippen molar-refractivity contribution in [2.45, 2.75) is 358 Å². The van der Waals surface area contributed by atoms with Crippen LogP contribution in [0.1, 0.15) is 335 Å². The molecule has 0 aliphatic rings. The van der Waals surface area contributed by atoms with E-state index in [1.807, 2.05) is 115 Å². The Kier molecular flexibility index (Phi) is 79.7. The van der Waals surface area contributed by atoms with Crippen LogP contribution in [0.2, 0.25) is 0 Å². The molecule has 0 aliphatic heterocycles. The van der Waals surface area contributed by atoms with Crippen LogP contribution in [0, 0.1) is 59.6 Å². The number of nitrogens with one attached hydrogen (secondary N) is 4. The number of amides is 5. The Hall–Kier alpha value is -7.04. The molecule has 127 heavy (non-hydrogen) atoms. The lowest BCUT2D eigenvalue weighted by Crippen LogP contribution is -2.36. The van der Waals surface area contributed by atoms with E-state index in [0.29, 0.717) is 57.5 Å². The molecule has 0 aromatic heterocycles. The molecule has 19 nitrogen and oxygen atoms in total. The Labute approximate surface area is 785 Å². The van der Waals surface area contributed by atoms with Crippen molar-refractivity contribution in [3.8, 4) is 0 Å². The number of ketones is 4. The molecule has 0 saturated heterocycles. The summed E-state index contributed by atoms with van der Waals surface area (Å²) < 4.78 is 45.8. The number of ether oxygens (including phenoxy) is 2. The second kappa shape index (κ2) is 70.7. The highest BCUT2D eigenvalue weighted by molar-refractivity contribution is 6.30. The number of allylic oxidation sites excluding steroid dienone is 7. The summed E-state index contributed by atoms with van der Waals surface area (Å²) in [6, 6.07) is 0. The van der Waals surface area contributed by atoms with E-state index in [4.69, 9.17) is 32.7 Å². The highest BCUT2D eigenvalue weighted by Gasteiger charge is 2.37. The predicted octanol–water partition coefficient (Wildman–Crippen LogP) is 24.9. The quantitative estimate of drug-likeness (QED) is 0.0323. The molecule has 0 saturated carbocycles. The van der Waals surface area contributed by atoms with Gasteiger partial charge in [0.05, 0.1) is 6.61 Å². The fraction of sp³-hybridized carbons (Fsp3) is 0.718. The topological polar surface area (TPSA) is 261 Å². The minimum absolute atomic E-state index is 0.00132. The fourth-order valence-electron chi connectivity index (χ4n) is 7.12. The van der Waals surface area contributed by atoms with Gasteiger partial charge in [-0.25, -0.2) is 9.59 Å². The van der Waals surface area contributed by atoms with Crippen LogP contribution in [-0.4, -0.2) is 164 Å². The van der Waals surface area contributed by atoms with Crippen LogP contribution in [0.4, 0.5) is 13.2 Å². The normalized spacial score (nSPS) is 12.4. The van der Waals surface area contributed by atoms with Crippen LogP contribution >= 0.6 is 23.2 Å². The summed E-state index contributed by atoms with van der Waals surface area (Å²) in [4.78, 5) is 124. The highest BCUT2D eigenvalue weighted by Crippen LogP contribution is 2.27. The maximum absolute atomic E-state index is 12.0. The van der Waals surface area contributed by atoms with Crippen molar-refractivity contribution in [1.82, 2.24) is 31.1 Å². The first kappa shape index (κ1) is 143. The summed E-state index contributed by atoms with van der Waals surface area (Å²) >= 11 is 11.1.